The van der Waals surface area contributed by atoms with Gasteiger partial charge in [-0.05, 0) is 66.8 Å². The highest BCUT2D eigenvalue weighted by Gasteiger charge is 2.70. The van der Waals surface area contributed by atoms with Crippen molar-refractivity contribution in [2.24, 2.45) is 23.7 Å². The molecule has 8 rings (SSSR count). The van der Waals surface area contributed by atoms with Gasteiger partial charge < -0.3 is 5.11 Å². The summed E-state index contributed by atoms with van der Waals surface area (Å²) in [6.07, 6.45) is -2.69. The Balaban J connectivity index is 1.31. The molecule has 0 bridgehead atoms. The third kappa shape index (κ3) is 5.67. The number of amides is 4. The second-order valence-corrected chi connectivity index (χ2v) is 15.7. The first-order chi connectivity index (χ1) is 26.5. The van der Waals surface area contributed by atoms with Crippen LogP contribution in [0, 0.1) is 33.8 Å². The summed E-state index contributed by atoms with van der Waals surface area (Å²) >= 11 is 16.0. The number of fused-ring (bicyclic) bond motifs is 4. The van der Waals surface area contributed by atoms with Crippen molar-refractivity contribution in [3.05, 3.63) is 132 Å². The lowest BCUT2D eigenvalue weighted by molar-refractivity contribution is -0.384. The van der Waals surface area contributed by atoms with E-state index in [-0.39, 0.29) is 35.5 Å². The van der Waals surface area contributed by atoms with Crippen LogP contribution < -0.4 is 10.3 Å². The standard InChI is InChI=1S/C38H25BrCl2F3N5O7/c39-19-6-11-29(50)26(13-19)31-23-9-10-24-30(35(53)47(33(24)51)21-2-1-3-22(14-21)49(55)56)25(23)15-27-34(52)48(36(54)37(27,31)17-4-7-20(40)8-5-17)46-32-28(41)12-18(16-45-32)38(42,43)44/h1-9,11-14,16,24-25,27,30-31,50H,10,15H2,(H,45,46)/t24-,25+,27-,30-,31+,37+/m0/s1. The van der Waals surface area contributed by atoms with E-state index in [1.165, 1.54) is 36.4 Å². The van der Waals surface area contributed by atoms with Gasteiger partial charge in [-0.3, -0.25) is 34.7 Å². The number of carbonyl (C=O) groups is 4. The summed E-state index contributed by atoms with van der Waals surface area (Å²) in [6.45, 7) is 0. The number of allylic oxidation sites excluding steroid dienone is 2. The van der Waals surface area contributed by atoms with Crippen molar-refractivity contribution in [3.63, 3.8) is 0 Å². The summed E-state index contributed by atoms with van der Waals surface area (Å²) < 4.78 is 40.9. The lowest BCUT2D eigenvalue weighted by Crippen LogP contribution is -2.53. The quantitative estimate of drug-likeness (QED) is 0.0847. The number of hydrazine groups is 1. The smallest absolute Gasteiger partial charge is 0.417 e. The van der Waals surface area contributed by atoms with E-state index >= 15 is 4.79 Å². The second-order valence-electron chi connectivity index (χ2n) is 13.9. The molecule has 1 aromatic heterocycles. The Bertz CT molecular complexity index is 2430. The number of hydrogen-bond donors (Lipinski definition) is 2. The number of alkyl halides is 3. The van der Waals surface area contributed by atoms with E-state index in [4.69, 9.17) is 23.2 Å². The van der Waals surface area contributed by atoms with Crippen molar-refractivity contribution in [2.45, 2.75) is 30.4 Å². The summed E-state index contributed by atoms with van der Waals surface area (Å²) in [6, 6.07) is 16.5. The highest BCUT2D eigenvalue weighted by molar-refractivity contribution is 9.10. The minimum Gasteiger partial charge on any atom is -0.508 e. The Morgan fingerprint density at radius 2 is 1.70 bits per heavy atom. The molecule has 4 aromatic rings. The van der Waals surface area contributed by atoms with Gasteiger partial charge in [-0.2, -0.15) is 18.2 Å². The number of aromatic hydroxyl groups is 1. The topological polar surface area (TPSA) is 163 Å². The van der Waals surface area contributed by atoms with Gasteiger partial charge in [0.05, 0.1) is 44.4 Å². The normalized spacial score (nSPS) is 25.8. The number of non-ortho nitro benzene ring substituents is 1. The summed E-state index contributed by atoms with van der Waals surface area (Å²) in [7, 11) is 0. The number of phenolic OH excluding ortho intramolecular Hbond substituents is 1. The lowest BCUT2D eigenvalue weighted by Gasteiger charge is -2.50. The number of benzene rings is 3. The predicted octanol–water partition coefficient (Wildman–Crippen LogP) is 7.97. The molecular formula is C38H25BrCl2F3N5O7. The fraction of sp³-hybridized carbons (Fsp3) is 0.237. The van der Waals surface area contributed by atoms with Gasteiger partial charge in [-0.1, -0.05) is 69.0 Å². The van der Waals surface area contributed by atoms with Crippen LogP contribution in [0.4, 0.5) is 30.4 Å². The van der Waals surface area contributed by atoms with Crippen molar-refractivity contribution in [3.8, 4) is 5.75 Å². The first-order valence-electron chi connectivity index (χ1n) is 17.0. The number of phenols is 1. The van der Waals surface area contributed by atoms with Gasteiger partial charge >= 0.3 is 6.18 Å². The van der Waals surface area contributed by atoms with Crippen LogP contribution in [-0.4, -0.2) is 43.7 Å². The molecule has 3 heterocycles. The van der Waals surface area contributed by atoms with Crippen molar-refractivity contribution < 1.29 is 42.4 Å². The number of nitrogens with one attached hydrogen (secondary N) is 1. The number of nitro groups is 1. The van der Waals surface area contributed by atoms with E-state index in [1.54, 1.807) is 30.3 Å². The molecule has 1 saturated carbocycles. The van der Waals surface area contributed by atoms with Crippen molar-refractivity contribution in [1.29, 1.82) is 0 Å². The minimum atomic E-state index is -4.78. The van der Waals surface area contributed by atoms with Gasteiger partial charge in [0.1, 0.15) is 5.75 Å². The number of imide groups is 2. The number of halogens is 6. The van der Waals surface area contributed by atoms with Crippen molar-refractivity contribution in [1.82, 2.24) is 9.99 Å². The van der Waals surface area contributed by atoms with Gasteiger partial charge in [0, 0.05) is 39.3 Å². The summed E-state index contributed by atoms with van der Waals surface area (Å²) in [5.74, 6) is -8.95. The number of nitrogens with zero attached hydrogens (tertiary/aromatic N) is 4. The number of pyridine rings is 1. The van der Waals surface area contributed by atoms with Gasteiger partial charge in [0.25, 0.3) is 17.5 Å². The molecule has 3 fully saturated rings. The molecule has 6 atom stereocenters. The van der Waals surface area contributed by atoms with Crippen LogP contribution in [0.15, 0.2) is 95.1 Å². The fourth-order valence-corrected chi connectivity index (χ4v) is 9.60. The molecule has 286 valence electrons. The van der Waals surface area contributed by atoms with Crippen LogP contribution in [0.2, 0.25) is 10.0 Å². The van der Waals surface area contributed by atoms with Gasteiger partial charge in [-0.15, -0.1) is 0 Å². The van der Waals surface area contributed by atoms with Crippen molar-refractivity contribution in [2.75, 3.05) is 10.3 Å². The third-order valence-electron chi connectivity index (χ3n) is 11.2. The Morgan fingerprint density at radius 1 is 0.964 bits per heavy atom. The van der Waals surface area contributed by atoms with Crippen molar-refractivity contribution >= 4 is 80.0 Å². The molecular weight excluding hydrogens is 846 g/mol. The molecule has 2 saturated heterocycles. The van der Waals surface area contributed by atoms with Crippen LogP contribution >= 0.6 is 39.1 Å². The highest BCUT2D eigenvalue weighted by atomic mass is 79.9. The minimum absolute atomic E-state index is 0.000992. The fourth-order valence-electron chi connectivity index (χ4n) is 8.88. The molecule has 0 spiro atoms. The molecule has 18 heteroatoms. The van der Waals surface area contributed by atoms with Gasteiger partial charge in [-0.25, -0.2) is 9.88 Å². The highest BCUT2D eigenvalue weighted by Crippen LogP contribution is 2.65. The molecule has 0 unspecified atom stereocenters. The van der Waals surface area contributed by atoms with E-state index in [9.17, 15) is 42.8 Å². The monoisotopic (exact) mass is 869 g/mol. The van der Waals surface area contributed by atoms with Crippen LogP contribution in [0.1, 0.15) is 35.4 Å². The molecule has 2 aliphatic heterocycles. The molecule has 0 radical (unpaired) electrons. The molecule has 56 heavy (non-hydrogen) atoms. The predicted molar refractivity (Wildman–Crippen MR) is 198 cm³/mol. The molecule has 2 N–H and O–H groups in total. The zero-order valence-corrected chi connectivity index (χ0v) is 31.4. The summed E-state index contributed by atoms with van der Waals surface area (Å²) in [5.41, 5.74) is 0.185. The molecule has 3 aromatic carbocycles. The lowest BCUT2D eigenvalue weighted by atomic mass is 9.49. The maximum Gasteiger partial charge on any atom is 0.417 e. The van der Waals surface area contributed by atoms with Crippen LogP contribution in [0.5, 0.6) is 5.75 Å². The van der Waals surface area contributed by atoms with E-state index in [2.05, 4.69) is 26.3 Å². The zero-order valence-electron chi connectivity index (χ0n) is 28.3. The molecule has 4 aliphatic rings. The first kappa shape index (κ1) is 37.6. The maximum absolute atomic E-state index is 15.3. The van der Waals surface area contributed by atoms with Gasteiger partial charge in [0.15, 0.2) is 5.82 Å². The van der Waals surface area contributed by atoms with E-state index in [1.807, 2.05) is 0 Å². The molecule has 2 aliphatic carbocycles. The largest absolute Gasteiger partial charge is 0.508 e. The zero-order chi connectivity index (χ0) is 40.0. The third-order valence-corrected chi connectivity index (χ3v) is 12.2. The van der Waals surface area contributed by atoms with E-state index < -0.39 is 86.1 Å². The van der Waals surface area contributed by atoms with Crippen LogP contribution in [0.3, 0.4) is 0 Å². The Kier molecular flexibility index (Phi) is 9.01. The average Bonchev–Trinajstić information content (AvgIpc) is 3.54. The summed E-state index contributed by atoms with van der Waals surface area (Å²) in [5, 5.41) is 23.5. The SMILES string of the molecule is O=C1[C@@H]2C[C@@H]3C(=CC[C@@H]4C(=O)N(c5cccc([N+](=O)[O-])c5)C(=O)[C@@H]43)[C@H](c3cc(Br)ccc3O)[C@]2(c2ccc(Cl)cc2)C(=O)N1Nc1ncc(C(F)(F)F)cc1Cl. The van der Waals surface area contributed by atoms with E-state index in [0.29, 0.717) is 37.9 Å². The number of anilines is 2. The average molecular weight is 871 g/mol. The van der Waals surface area contributed by atoms with Gasteiger partial charge in [0.2, 0.25) is 11.8 Å². The number of hydrogen-bond acceptors (Lipinski definition) is 9. The molecule has 12 nitrogen and oxygen atoms in total. The maximum atomic E-state index is 15.3. The number of rotatable bonds is 6. The summed E-state index contributed by atoms with van der Waals surface area (Å²) in [4.78, 5) is 74.2. The van der Waals surface area contributed by atoms with Crippen LogP contribution in [-0.2, 0) is 30.8 Å². The Hall–Kier alpha value is -5.32. The second kappa shape index (κ2) is 13.4. The number of carbonyl (C=O) groups excluding carboxylic acids is 4. The van der Waals surface area contributed by atoms with E-state index in [0.717, 1.165) is 11.0 Å². The number of aromatic nitrogens is 1. The molecule has 4 amide bonds. The first-order valence-corrected chi connectivity index (χ1v) is 18.5. The Labute approximate surface area is 333 Å². The Morgan fingerprint density at radius 3 is 2.38 bits per heavy atom. The van der Waals surface area contributed by atoms with Crippen LogP contribution in [0.25, 0.3) is 0 Å². The number of nitro benzene ring substituents is 1.